The Balaban J connectivity index is 2.94. The Kier molecular flexibility index (Phi) is 13.7. The Bertz CT molecular complexity index is 1230. The molecule has 0 bridgehead atoms. The van der Waals surface area contributed by atoms with E-state index >= 15 is 0 Å². The van der Waals surface area contributed by atoms with Crippen molar-refractivity contribution in [1.29, 1.82) is 0 Å². The van der Waals surface area contributed by atoms with E-state index in [2.05, 4.69) is 5.32 Å². The van der Waals surface area contributed by atoms with E-state index in [9.17, 15) is 31.2 Å². The number of rotatable bonds is 15. The van der Waals surface area contributed by atoms with Gasteiger partial charge in [-0.15, -0.1) is 0 Å². The van der Waals surface area contributed by atoms with Crippen molar-refractivity contribution >= 4 is 44.0 Å². The van der Waals surface area contributed by atoms with Crippen LogP contribution in [0.1, 0.15) is 54.4 Å². The average molecular weight is 639 g/mol. The van der Waals surface area contributed by atoms with Crippen molar-refractivity contribution in [2.45, 2.75) is 71.6 Å². The summed E-state index contributed by atoms with van der Waals surface area (Å²) < 4.78 is 70.7. The summed E-state index contributed by atoms with van der Waals surface area (Å²) in [7, 11) is -7.37. The fraction of sp³-hybridized carbons (Fsp3) is 0.654. The number of anilines is 1. The summed E-state index contributed by atoms with van der Waals surface area (Å²) in [6, 6.07) is 4.80. The van der Waals surface area contributed by atoms with Gasteiger partial charge in [0, 0.05) is 25.2 Å². The first-order valence-corrected chi connectivity index (χ1v) is 16.6. The number of ether oxygens (including phenoxy) is 3. The summed E-state index contributed by atoms with van der Waals surface area (Å²) in [5.41, 5.74) is -1.03. The van der Waals surface area contributed by atoms with Gasteiger partial charge < -0.3 is 24.4 Å². The number of nitrogens with one attached hydrogen (secondary N) is 1. The molecule has 1 N–H and O–H groups in total. The highest BCUT2D eigenvalue weighted by Crippen LogP contribution is 2.20. The molecule has 1 unspecified atom stereocenters. The van der Waals surface area contributed by atoms with Gasteiger partial charge in [0.1, 0.15) is 23.0 Å². The molecule has 0 radical (unpaired) electrons. The second-order valence-corrected chi connectivity index (χ2v) is 14.6. The van der Waals surface area contributed by atoms with Crippen molar-refractivity contribution in [1.82, 2.24) is 5.32 Å². The number of carbonyl (C=O) groups is 3. The van der Waals surface area contributed by atoms with E-state index in [1.54, 1.807) is 58.6 Å². The van der Waals surface area contributed by atoms with Gasteiger partial charge in [0.2, 0.25) is 0 Å². The van der Waals surface area contributed by atoms with Crippen LogP contribution < -0.4 is 15.0 Å². The molecule has 16 heteroatoms. The molecule has 14 nitrogen and oxygen atoms in total. The quantitative estimate of drug-likeness (QED) is 0.219. The molecule has 1 atom stereocenters. The highest BCUT2D eigenvalue weighted by atomic mass is 32.2. The second kappa shape index (κ2) is 15.5. The number of hydrogen-bond donors (Lipinski definition) is 1. The lowest BCUT2D eigenvalue weighted by molar-refractivity contribution is -0.158. The Labute approximate surface area is 248 Å². The zero-order valence-electron chi connectivity index (χ0n) is 25.3. The average Bonchev–Trinajstić information content (AvgIpc) is 2.77. The highest BCUT2D eigenvalue weighted by Gasteiger charge is 2.29. The van der Waals surface area contributed by atoms with Crippen LogP contribution in [0.2, 0.25) is 0 Å². The topological polar surface area (TPSA) is 181 Å². The van der Waals surface area contributed by atoms with Gasteiger partial charge in [0.15, 0.2) is 0 Å². The van der Waals surface area contributed by atoms with Crippen molar-refractivity contribution in [3.8, 4) is 5.75 Å². The summed E-state index contributed by atoms with van der Waals surface area (Å²) in [4.78, 5) is 39.1. The summed E-state index contributed by atoms with van der Waals surface area (Å²) in [6.07, 6.45) is 0.608. The van der Waals surface area contributed by atoms with E-state index in [4.69, 9.17) is 22.6 Å². The molecule has 42 heavy (non-hydrogen) atoms. The van der Waals surface area contributed by atoms with E-state index in [-0.39, 0.29) is 44.9 Å². The van der Waals surface area contributed by atoms with E-state index in [0.717, 1.165) is 12.5 Å². The van der Waals surface area contributed by atoms with Gasteiger partial charge in [-0.25, -0.2) is 9.59 Å². The molecule has 240 valence electrons. The lowest BCUT2D eigenvalue weighted by Gasteiger charge is -2.25. The molecule has 0 aromatic heterocycles. The molecule has 0 fully saturated rings. The molecule has 1 aromatic rings. The molecule has 0 aliphatic heterocycles. The standard InChI is InChI=1S/C26H42N2O12S2/c1-25(2,3)39-22(29)14-13-21(23(30)40-26(4,5)6)27-24(31)38-20-11-9-19(10-12-20)28(15-17-36-41(7,32)33)16-18-37-42(8,34)35/h9-12,21H,13-18H2,1-8H3,(H,27,31). The molecular weight excluding hydrogens is 596 g/mol. The number of amides is 1. The fourth-order valence-corrected chi connectivity index (χ4v) is 4.00. The Hall–Kier alpha value is -2.95. The predicted molar refractivity (Wildman–Crippen MR) is 154 cm³/mol. The largest absolute Gasteiger partial charge is 0.460 e. The molecule has 0 heterocycles. The van der Waals surface area contributed by atoms with Crippen LogP contribution in [0.25, 0.3) is 0 Å². The van der Waals surface area contributed by atoms with Crippen LogP contribution >= 0.6 is 0 Å². The van der Waals surface area contributed by atoms with Crippen LogP contribution in [-0.4, -0.2) is 90.9 Å². The van der Waals surface area contributed by atoms with Crippen molar-refractivity contribution < 1.29 is 53.8 Å². The maximum Gasteiger partial charge on any atom is 0.413 e. The number of nitrogens with zero attached hydrogens (tertiary/aromatic N) is 1. The molecule has 0 aliphatic carbocycles. The van der Waals surface area contributed by atoms with Crippen LogP contribution in [-0.2, 0) is 47.7 Å². The lowest BCUT2D eigenvalue weighted by atomic mass is 10.1. The second-order valence-electron chi connectivity index (χ2n) is 11.3. The van der Waals surface area contributed by atoms with Gasteiger partial charge in [0.05, 0.1) is 25.7 Å². The third-order valence-corrected chi connectivity index (χ3v) is 5.96. The molecule has 1 aromatic carbocycles. The molecule has 0 spiro atoms. The van der Waals surface area contributed by atoms with Gasteiger partial charge in [-0.1, -0.05) is 0 Å². The van der Waals surface area contributed by atoms with E-state index < -0.39 is 55.5 Å². The van der Waals surface area contributed by atoms with Crippen molar-refractivity contribution in [3.63, 3.8) is 0 Å². The number of hydrogen-bond acceptors (Lipinski definition) is 13. The van der Waals surface area contributed by atoms with Crippen LogP contribution in [0, 0.1) is 0 Å². The van der Waals surface area contributed by atoms with Gasteiger partial charge in [0.25, 0.3) is 20.2 Å². The SMILES string of the molecule is CC(C)(C)OC(=O)CCC(NC(=O)Oc1ccc(N(CCOS(C)(=O)=O)CCOS(C)(=O)=O)cc1)C(=O)OC(C)(C)C. The molecule has 0 saturated carbocycles. The first-order chi connectivity index (χ1) is 19.0. The summed E-state index contributed by atoms with van der Waals surface area (Å²) in [5, 5.41) is 2.43. The van der Waals surface area contributed by atoms with E-state index in [1.165, 1.54) is 12.1 Å². The highest BCUT2D eigenvalue weighted by molar-refractivity contribution is 7.86. The number of carbonyl (C=O) groups excluding carboxylic acids is 3. The monoisotopic (exact) mass is 638 g/mol. The van der Waals surface area contributed by atoms with Gasteiger partial charge in [-0.2, -0.15) is 16.8 Å². The van der Waals surface area contributed by atoms with Crippen LogP contribution in [0.5, 0.6) is 5.75 Å². The Morgan fingerprint density at radius 1 is 0.810 bits per heavy atom. The van der Waals surface area contributed by atoms with Gasteiger partial charge >= 0.3 is 18.0 Å². The van der Waals surface area contributed by atoms with Crippen LogP contribution in [0.15, 0.2) is 24.3 Å². The molecule has 0 saturated heterocycles. The summed E-state index contributed by atoms with van der Waals surface area (Å²) in [5.74, 6) is -1.19. The van der Waals surface area contributed by atoms with E-state index in [1.807, 2.05) is 0 Å². The van der Waals surface area contributed by atoms with Crippen LogP contribution in [0.4, 0.5) is 10.5 Å². The minimum absolute atomic E-state index is 0.0795. The molecule has 1 rings (SSSR count). The maximum absolute atomic E-state index is 12.7. The predicted octanol–water partition coefficient (Wildman–Crippen LogP) is 2.37. The number of esters is 2. The minimum Gasteiger partial charge on any atom is -0.460 e. The third kappa shape index (κ3) is 17.8. The smallest absolute Gasteiger partial charge is 0.413 e. The minimum atomic E-state index is -3.69. The van der Waals surface area contributed by atoms with E-state index in [0.29, 0.717) is 5.69 Å². The fourth-order valence-electron chi connectivity index (χ4n) is 3.25. The first kappa shape index (κ1) is 37.1. The molecular formula is C26H42N2O12S2. The van der Waals surface area contributed by atoms with Gasteiger partial charge in [-0.3, -0.25) is 13.2 Å². The Morgan fingerprint density at radius 3 is 1.71 bits per heavy atom. The van der Waals surface area contributed by atoms with Gasteiger partial charge in [-0.05, 0) is 72.2 Å². The normalized spacial score (nSPS) is 13.1. The zero-order valence-corrected chi connectivity index (χ0v) is 26.9. The first-order valence-electron chi connectivity index (χ1n) is 13.0. The molecule has 0 aliphatic rings. The lowest BCUT2D eigenvalue weighted by Crippen LogP contribution is -2.45. The van der Waals surface area contributed by atoms with Crippen molar-refractivity contribution in [3.05, 3.63) is 24.3 Å². The summed E-state index contributed by atoms with van der Waals surface area (Å²) in [6.45, 7) is 9.89. The number of benzene rings is 1. The summed E-state index contributed by atoms with van der Waals surface area (Å²) >= 11 is 0. The van der Waals surface area contributed by atoms with Crippen molar-refractivity contribution in [2.75, 3.05) is 43.7 Å². The zero-order chi connectivity index (χ0) is 32.4. The Morgan fingerprint density at radius 2 is 1.29 bits per heavy atom. The van der Waals surface area contributed by atoms with Crippen molar-refractivity contribution in [2.24, 2.45) is 0 Å². The third-order valence-electron chi connectivity index (χ3n) is 4.77. The van der Waals surface area contributed by atoms with Crippen LogP contribution in [0.3, 0.4) is 0 Å². The molecule has 1 amide bonds. The maximum atomic E-state index is 12.7.